The molecule has 0 radical (unpaired) electrons. The van der Waals surface area contributed by atoms with Crippen molar-refractivity contribution in [3.8, 4) is 0 Å². The Bertz CT molecular complexity index is 195. The lowest BCUT2D eigenvalue weighted by atomic mass is 10.2. The summed E-state index contributed by atoms with van der Waals surface area (Å²) in [6.45, 7) is 4.28. The molecule has 0 saturated heterocycles. The minimum Gasteiger partial charge on any atom is -0.445 e. The van der Waals surface area contributed by atoms with Crippen LogP contribution in [0.15, 0.2) is 23.8 Å². The molecule has 0 atom stereocenters. The number of nitrogens with two attached hydrogens (primary N) is 1. The first-order valence-corrected chi connectivity index (χ1v) is 3.94. The van der Waals surface area contributed by atoms with Crippen molar-refractivity contribution >= 4 is 6.09 Å². The molecule has 0 aromatic rings. The molecule has 0 rings (SSSR count). The number of allylic oxidation sites excluding steroid dienone is 3. The molecule has 0 aromatic heterocycles. The monoisotopic (exact) mass is 169 g/mol. The average molecular weight is 169 g/mol. The number of carbonyl (C=O) groups excluding carboxylic acids is 1. The van der Waals surface area contributed by atoms with Gasteiger partial charge in [0.1, 0.15) is 6.61 Å². The van der Waals surface area contributed by atoms with Crippen LogP contribution in [0.5, 0.6) is 0 Å². The molecule has 0 heterocycles. The molecule has 1 amide bonds. The maximum Gasteiger partial charge on any atom is 0.404 e. The van der Waals surface area contributed by atoms with Crippen LogP contribution in [-0.2, 0) is 4.74 Å². The SMILES string of the molecule is CC=C(C=CCOC(N)=O)CC. The lowest BCUT2D eigenvalue weighted by Crippen LogP contribution is -2.12. The van der Waals surface area contributed by atoms with Crippen LogP contribution in [-0.4, -0.2) is 12.7 Å². The van der Waals surface area contributed by atoms with Crippen molar-refractivity contribution < 1.29 is 9.53 Å². The van der Waals surface area contributed by atoms with Crippen molar-refractivity contribution in [3.05, 3.63) is 23.8 Å². The number of primary amides is 1. The van der Waals surface area contributed by atoms with Gasteiger partial charge < -0.3 is 10.5 Å². The van der Waals surface area contributed by atoms with E-state index in [4.69, 9.17) is 5.73 Å². The number of ether oxygens (including phenoxy) is 1. The zero-order valence-corrected chi connectivity index (χ0v) is 7.54. The third-order valence-electron chi connectivity index (χ3n) is 1.43. The second-order valence-electron chi connectivity index (χ2n) is 2.25. The first kappa shape index (κ1) is 10.8. The van der Waals surface area contributed by atoms with Gasteiger partial charge in [-0.25, -0.2) is 4.79 Å². The van der Waals surface area contributed by atoms with Crippen molar-refractivity contribution in [3.63, 3.8) is 0 Å². The van der Waals surface area contributed by atoms with Gasteiger partial charge in [0.05, 0.1) is 0 Å². The van der Waals surface area contributed by atoms with Gasteiger partial charge in [-0.1, -0.05) is 24.6 Å². The normalized spacial score (nSPS) is 12.0. The van der Waals surface area contributed by atoms with Crippen LogP contribution in [0, 0.1) is 0 Å². The van der Waals surface area contributed by atoms with E-state index in [0.717, 1.165) is 6.42 Å². The van der Waals surface area contributed by atoms with E-state index in [1.54, 1.807) is 6.08 Å². The maximum atomic E-state index is 10.1. The van der Waals surface area contributed by atoms with Crippen LogP contribution in [0.2, 0.25) is 0 Å². The summed E-state index contributed by atoms with van der Waals surface area (Å²) >= 11 is 0. The maximum absolute atomic E-state index is 10.1. The molecule has 0 unspecified atom stereocenters. The second-order valence-corrected chi connectivity index (χ2v) is 2.25. The molecule has 0 aromatic carbocycles. The first-order valence-electron chi connectivity index (χ1n) is 3.94. The third kappa shape index (κ3) is 5.53. The fraction of sp³-hybridized carbons (Fsp3) is 0.444. The first-order chi connectivity index (χ1) is 5.70. The van der Waals surface area contributed by atoms with Gasteiger partial charge in [0.15, 0.2) is 0 Å². The van der Waals surface area contributed by atoms with E-state index >= 15 is 0 Å². The molecule has 0 saturated carbocycles. The van der Waals surface area contributed by atoms with Crippen LogP contribution >= 0.6 is 0 Å². The van der Waals surface area contributed by atoms with Gasteiger partial charge in [0, 0.05) is 0 Å². The standard InChI is InChI=1S/C9H15NO2/c1-3-8(4-2)6-5-7-12-9(10)11/h3,5-6H,4,7H2,1-2H3,(H2,10,11). The predicted molar refractivity (Wildman–Crippen MR) is 48.7 cm³/mol. The van der Waals surface area contributed by atoms with Crippen molar-refractivity contribution in [2.75, 3.05) is 6.61 Å². The quantitative estimate of drug-likeness (QED) is 0.654. The highest BCUT2D eigenvalue weighted by atomic mass is 16.5. The Labute approximate surface area is 72.9 Å². The summed E-state index contributed by atoms with van der Waals surface area (Å²) in [5.41, 5.74) is 5.98. The lowest BCUT2D eigenvalue weighted by Gasteiger charge is -1.96. The highest BCUT2D eigenvalue weighted by Gasteiger charge is 1.88. The molecule has 0 aliphatic heterocycles. The Balaban J connectivity index is 3.68. The molecule has 0 bridgehead atoms. The van der Waals surface area contributed by atoms with Gasteiger partial charge >= 0.3 is 6.09 Å². The smallest absolute Gasteiger partial charge is 0.404 e. The Hall–Kier alpha value is -1.25. The van der Waals surface area contributed by atoms with E-state index in [2.05, 4.69) is 11.7 Å². The van der Waals surface area contributed by atoms with Crippen molar-refractivity contribution in [2.45, 2.75) is 20.3 Å². The van der Waals surface area contributed by atoms with Gasteiger partial charge in [-0.05, 0) is 19.4 Å². The number of hydrogen-bond donors (Lipinski definition) is 1. The second kappa shape index (κ2) is 6.46. The number of amides is 1. The number of carbonyl (C=O) groups is 1. The molecule has 0 spiro atoms. The van der Waals surface area contributed by atoms with Gasteiger partial charge in [-0.2, -0.15) is 0 Å². The summed E-state index contributed by atoms with van der Waals surface area (Å²) in [5.74, 6) is 0. The summed E-state index contributed by atoms with van der Waals surface area (Å²) in [4.78, 5) is 10.1. The van der Waals surface area contributed by atoms with E-state index in [9.17, 15) is 4.79 Å². The molecule has 12 heavy (non-hydrogen) atoms. The Morgan fingerprint density at radius 2 is 2.25 bits per heavy atom. The fourth-order valence-electron chi connectivity index (χ4n) is 0.748. The van der Waals surface area contributed by atoms with Gasteiger partial charge in [0.25, 0.3) is 0 Å². The zero-order valence-electron chi connectivity index (χ0n) is 7.54. The summed E-state index contributed by atoms with van der Waals surface area (Å²) < 4.78 is 4.51. The third-order valence-corrected chi connectivity index (χ3v) is 1.43. The minimum atomic E-state index is -0.738. The highest BCUT2D eigenvalue weighted by Crippen LogP contribution is 2.00. The van der Waals surface area contributed by atoms with Crippen molar-refractivity contribution in [1.82, 2.24) is 0 Å². The van der Waals surface area contributed by atoms with Gasteiger partial charge in [-0.3, -0.25) is 0 Å². The van der Waals surface area contributed by atoms with Crippen molar-refractivity contribution in [2.24, 2.45) is 5.73 Å². The Kier molecular flexibility index (Phi) is 5.79. The van der Waals surface area contributed by atoms with E-state index < -0.39 is 6.09 Å². The van der Waals surface area contributed by atoms with Crippen molar-refractivity contribution in [1.29, 1.82) is 0 Å². The molecule has 3 nitrogen and oxygen atoms in total. The summed E-state index contributed by atoms with van der Waals surface area (Å²) in [5, 5.41) is 0. The molecule has 0 fully saturated rings. The summed E-state index contributed by atoms with van der Waals surface area (Å²) in [7, 11) is 0. The Morgan fingerprint density at radius 3 is 2.67 bits per heavy atom. The summed E-state index contributed by atoms with van der Waals surface area (Å²) in [6.07, 6.45) is 5.94. The molecule has 2 N–H and O–H groups in total. The largest absolute Gasteiger partial charge is 0.445 e. The lowest BCUT2D eigenvalue weighted by molar-refractivity contribution is 0.169. The van der Waals surface area contributed by atoms with Crippen LogP contribution in [0.1, 0.15) is 20.3 Å². The van der Waals surface area contributed by atoms with Gasteiger partial charge in [-0.15, -0.1) is 0 Å². The Morgan fingerprint density at radius 1 is 1.58 bits per heavy atom. The predicted octanol–water partition coefficient (Wildman–Crippen LogP) is 1.99. The van der Waals surface area contributed by atoms with Crippen LogP contribution in [0.25, 0.3) is 0 Å². The molecule has 3 heteroatoms. The molecule has 0 aliphatic rings. The fourth-order valence-corrected chi connectivity index (χ4v) is 0.748. The number of hydrogen-bond acceptors (Lipinski definition) is 2. The average Bonchev–Trinajstić information content (AvgIpc) is 2.04. The van der Waals surface area contributed by atoms with E-state index in [1.807, 2.05) is 19.1 Å². The van der Waals surface area contributed by atoms with Crippen LogP contribution in [0.3, 0.4) is 0 Å². The minimum absolute atomic E-state index is 0.243. The molecular weight excluding hydrogens is 154 g/mol. The van der Waals surface area contributed by atoms with E-state index in [0.29, 0.717) is 0 Å². The zero-order chi connectivity index (χ0) is 9.40. The van der Waals surface area contributed by atoms with E-state index in [-0.39, 0.29) is 6.61 Å². The van der Waals surface area contributed by atoms with Gasteiger partial charge in [0.2, 0.25) is 0 Å². The topological polar surface area (TPSA) is 52.3 Å². The molecule has 68 valence electrons. The molecule has 0 aliphatic carbocycles. The molecular formula is C9H15NO2. The highest BCUT2D eigenvalue weighted by molar-refractivity contribution is 5.64. The van der Waals surface area contributed by atoms with Crippen LogP contribution in [0.4, 0.5) is 4.79 Å². The van der Waals surface area contributed by atoms with E-state index in [1.165, 1.54) is 5.57 Å². The van der Waals surface area contributed by atoms with Crippen LogP contribution < -0.4 is 5.73 Å². The summed E-state index contributed by atoms with van der Waals surface area (Å²) in [6, 6.07) is 0. The number of rotatable bonds is 4.